The summed E-state index contributed by atoms with van der Waals surface area (Å²) in [6.45, 7) is 19.5. The molecule has 0 aromatic heterocycles. The highest BCUT2D eigenvalue weighted by Gasteiger charge is 2.86. The van der Waals surface area contributed by atoms with Gasteiger partial charge in [-0.3, -0.25) is 14.4 Å². The normalized spacial score (nSPS) is 46.8. The molecule has 5 aliphatic rings. The summed E-state index contributed by atoms with van der Waals surface area (Å²) in [6.07, 6.45) is 6.00. The number of hydrogen-bond donors (Lipinski definition) is 2. The van der Waals surface area contributed by atoms with E-state index in [1.165, 1.54) is 0 Å². The topological polar surface area (TPSA) is 102 Å². The Hall–Kier alpha value is -1.47. The molecule has 0 saturated heterocycles. The van der Waals surface area contributed by atoms with E-state index >= 15 is 0 Å². The lowest BCUT2D eigenvalue weighted by molar-refractivity contribution is -0.171. The first-order valence-corrected chi connectivity index (χ1v) is 16.7. The summed E-state index contributed by atoms with van der Waals surface area (Å²) in [5, 5.41) is 3.37. The third-order valence-electron chi connectivity index (χ3n) is 14.2. The molecule has 1 amide bonds. The third kappa shape index (κ3) is 4.00. The summed E-state index contributed by atoms with van der Waals surface area (Å²) in [5.41, 5.74) is 5.05. The molecule has 5 saturated carbocycles. The molecule has 0 aliphatic heterocycles. The molecule has 5 rings (SSSR count). The molecule has 5 fully saturated rings. The lowest BCUT2D eigenvalue weighted by Gasteiger charge is -2.63. The standard InChI is InChI=1S/C35H59N3O4/c1-20(2)28(40)37-25-14-15-34-18-35(34)24(13-12-23(34)31(25,7)19-36)32(8)16-22(42-29(41)30(4,5)6)27(21(3)38(10)11)33(32,9)17-26(35)39/h20-25,27H,12-19,36H2,1-11H3,(H,37,40)/t21-,22+,23-,24-,25?,27-,31-,32-,33+,34?,35-/m0/s1. The molecule has 2 spiro atoms. The SMILES string of the molecule is CC(C)C(=O)NC1CCC23C[C@]24C(=O)C[C@]2(C)[C@@H]([C@H](C)N(C)C)[C@H](OC(=O)C(C)(C)C)C[C@@]2(C)[C@@H]4CC[C@H]3[C@]1(C)CN. The fourth-order valence-electron chi connectivity index (χ4n) is 11.4. The Morgan fingerprint density at radius 1 is 1.05 bits per heavy atom. The zero-order chi connectivity index (χ0) is 31.4. The maximum absolute atomic E-state index is 14.8. The second kappa shape index (κ2) is 9.76. The van der Waals surface area contributed by atoms with Crippen LogP contribution in [0, 0.1) is 56.2 Å². The summed E-state index contributed by atoms with van der Waals surface area (Å²) in [5.74, 6) is 0.989. The van der Waals surface area contributed by atoms with E-state index in [2.05, 4.69) is 52.0 Å². The highest BCUT2D eigenvalue weighted by atomic mass is 16.5. The minimum Gasteiger partial charge on any atom is -0.462 e. The molecule has 3 N–H and O–H groups in total. The van der Waals surface area contributed by atoms with Crippen LogP contribution in [-0.4, -0.2) is 61.4 Å². The van der Waals surface area contributed by atoms with Crippen molar-refractivity contribution in [3.05, 3.63) is 0 Å². The number of hydrogen-bond acceptors (Lipinski definition) is 6. The number of carbonyl (C=O) groups excluding carboxylic acids is 3. The quantitative estimate of drug-likeness (QED) is 0.416. The average molecular weight is 586 g/mol. The average Bonchev–Trinajstić information content (AvgIpc) is 3.52. The number of esters is 1. The van der Waals surface area contributed by atoms with Gasteiger partial charge in [0.15, 0.2) is 0 Å². The van der Waals surface area contributed by atoms with Gasteiger partial charge in [0.2, 0.25) is 5.91 Å². The van der Waals surface area contributed by atoms with Crippen molar-refractivity contribution in [2.24, 2.45) is 61.9 Å². The van der Waals surface area contributed by atoms with Gasteiger partial charge in [0, 0.05) is 41.2 Å². The van der Waals surface area contributed by atoms with Gasteiger partial charge in [-0.15, -0.1) is 0 Å². The van der Waals surface area contributed by atoms with Gasteiger partial charge in [0.1, 0.15) is 11.9 Å². The second-order valence-corrected chi connectivity index (χ2v) is 17.5. The van der Waals surface area contributed by atoms with E-state index in [-0.39, 0.29) is 74.9 Å². The van der Waals surface area contributed by atoms with Crippen molar-refractivity contribution >= 4 is 17.7 Å². The van der Waals surface area contributed by atoms with Crippen LogP contribution in [0.25, 0.3) is 0 Å². The Kier molecular flexibility index (Phi) is 7.42. The smallest absolute Gasteiger partial charge is 0.311 e. The van der Waals surface area contributed by atoms with Crippen LogP contribution in [0.2, 0.25) is 0 Å². The van der Waals surface area contributed by atoms with Crippen molar-refractivity contribution in [3.63, 3.8) is 0 Å². The number of nitrogens with zero attached hydrogens (tertiary/aromatic N) is 1. The molecule has 42 heavy (non-hydrogen) atoms. The molecule has 7 nitrogen and oxygen atoms in total. The lowest BCUT2D eigenvalue weighted by Crippen LogP contribution is -2.64. The van der Waals surface area contributed by atoms with Crippen LogP contribution < -0.4 is 11.1 Å². The summed E-state index contributed by atoms with van der Waals surface area (Å²) >= 11 is 0. The van der Waals surface area contributed by atoms with E-state index < -0.39 is 5.41 Å². The molecule has 7 heteroatoms. The van der Waals surface area contributed by atoms with Crippen LogP contribution in [-0.2, 0) is 19.1 Å². The Balaban J connectivity index is 1.53. The Labute approximate surface area is 254 Å². The molecule has 0 bridgehead atoms. The minimum absolute atomic E-state index is 0.0344. The highest BCUT2D eigenvalue weighted by molar-refractivity contribution is 5.92. The Morgan fingerprint density at radius 3 is 2.21 bits per heavy atom. The van der Waals surface area contributed by atoms with Crippen molar-refractivity contribution < 1.29 is 19.1 Å². The van der Waals surface area contributed by atoms with E-state index in [1.54, 1.807) is 0 Å². The summed E-state index contributed by atoms with van der Waals surface area (Å²) in [4.78, 5) is 43.1. The van der Waals surface area contributed by atoms with Gasteiger partial charge in [-0.1, -0.05) is 34.6 Å². The first-order valence-electron chi connectivity index (χ1n) is 16.7. The van der Waals surface area contributed by atoms with Crippen molar-refractivity contribution in [2.45, 2.75) is 125 Å². The highest BCUT2D eigenvalue weighted by Crippen LogP contribution is 2.88. The van der Waals surface area contributed by atoms with Crippen LogP contribution >= 0.6 is 0 Å². The fourth-order valence-corrected chi connectivity index (χ4v) is 11.4. The van der Waals surface area contributed by atoms with Gasteiger partial charge in [-0.2, -0.15) is 0 Å². The van der Waals surface area contributed by atoms with Crippen LogP contribution in [0.4, 0.5) is 0 Å². The molecule has 0 aromatic carbocycles. The maximum Gasteiger partial charge on any atom is 0.311 e. The minimum atomic E-state index is -0.576. The fraction of sp³-hybridized carbons (Fsp3) is 0.914. The van der Waals surface area contributed by atoms with E-state index in [9.17, 15) is 14.4 Å². The van der Waals surface area contributed by atoms with Crippen LogP contribution in [0.15, 0.2) is 0 Å². The number of nitrogens with one attached hydrogen (secondary N) is 1. The number of Topliss-reactive ketones (excluding diaryl/α,β-unsaturated/α-hetero) is 1. The molecular weight excluding hydrogens is 526 g/mol. The maximum atomic E-state index is 14.8. The molecule has 0 aromatic rings. The number of amides is 1. The zero-order valence-corrected chi connectivity index (χ0v) is 28.4. The number of ether oxygens (including phenoxy) is 1. The van der Waals surface area contributed by atoms with Gasteiger partial charge < -0.3 is 20.7 Å². The van der Waals surface area contributed by atoms with E-state index in [1.807, 2.05) is 34.6 Å². The van der Waals surface area contributed by atoms with Crippen molar-refractivity contribution in [1.82, 2.24) is 10.2 Å². The van der Waals surface area contributed by atoms with Gasteiger partial charge in [-0.05, 0) is 115 Å². The summed E-state index contributed by atoms with van der Waals surface area (Å²) in [6, 6.07) is 0.209. The number of fused-ring (bicyclic) bond motifs is 2. The van der Waals surface area contributed by atoms with Gasteiger partial charge in [0.05, 0.1) is 5.41 Å². The second-order valence-electron chi connectivity index (χ2n) is 17.5. The van der Waals surface area contributed by atoms with Gasteiger partial charge >= 0.3 is 5.97 Å². The molecule has 238 valence electrons. The number of carbonyl (C=O) groups is 3. The predicted octanol–water partition coefficient (Wildman–Crippen LogP) is 5.20. The summed E-state index contributed by atoms with van der Waals surface area (Å²) in [7, 11) is 4.20. The largest absolute Gasteiger partial charge is 0.462 e. The van der Waals surface area contributed by atoms with E-state index in [0.717, 1.165) is 38.5 Å². The van der Waals surface area contributed by atoms with E-state index in [0.29, 0.717) is 24.7 Å². The molecule has 0 radical (unpaired) electrons. The first kappa shape index (κ1) is 31.9. The van der Waals surface area contributed by atoms with E-state index in [4.69, 9.17) is 10.5 Å². The zero-order valence-electron chi connectivity index (χ0n) is 28.4. The Bertz CT molecular complexity index is 1150. The van der Waals surface area contributed by atoms with Crippen LogP contribution in [0.3, 0.4) is 0 Å². The number of nitrogens with two attached hydrogens (primary N) is 1. The third-order valence-corrected chi connectivity index (χ3v) is 14.2. The van der Waals surface area contributed by atoms with Gasteiger partial charge in [-0.25, -0.2) is 0 Å². The Morgan fingerprint density at radius 2 is 1.67 bits per heavy atom. The molecule has 2 unspecified atom stereocenters. The monoisotopic (exact) mass is 585 g/mol. The lowest BCUT2D eigenvalue weighted by atomic mass is 9.41. The molecular formula is C35H59N3O4. The van der Waals surface area contributed by atoms with Crippen LogP contribution in [0.5, 0.6) is 0 Å². The van der Waals surface area contributed by atoms with Crippen molar-refractivity contribution in [1.29, 1.82) is 0 Å². The first-order chi connectivity index (χ1) is 19.3. The molecule has 5 aliphatic carbocycles. The molecule has 0 heterocycles. The number of ketones is 1. The summed E-state index contributed by atoms with van der Waals surface area (Å²) < 4.78 is 6.44. The van der Waals surface area contributed by atoms with Crippen molar-refractivity contribution in [3.8, 4) is 0 Å². The predicted molar refractivity (Wildman–Crippen MR) is 165 cm³/mol. The number of rotatable bonds is 6. The molecule has 11 atom stereocenters. The van der Waals surface area contributed by atoms with Gasteiger partial charge in [0.25, 0.3) is 0 Å². The van der Waals surface area contributed by atoms with Crippen molar-refractivity contribution in [2.75, 3.05) is 20.6 Å². The van der Waals surface area contributed by atoms with Crippen LogP contribution in [0.1, 0.15) is 107 Å².